The zero-order chi connectivity index (χ0) is 30.7. The molecule has 0 amide bonds. The van der Waals surface area contributed by atoms with Crippen molar-refractivity contribution in [2.45, 2.75) is 148 Å². The summed E-state index contributed by atoms with van der Waals surface area (Å²) in [7, 11) is 1.73. The Labute approximate surface area is 268 Å². The van der Waals surface area contributed by atoms with E-state index in [-0.39, 0.29) is 34.0 Å². The lowest BCUT2D eigenvalue weighted by molar-refractivity contribution is 0.407. The predicted molar refractivity (Wildman–Crippen MR) is 195 cm³/mol. The van der Waals surface area contributed by atoms with Crippen LogP contribution in [0.2, 0.25) is 0 Å². The fourth-order valence-corrected chi connectivity index (χ4v) is 4.57. The number of hydrogen-bond donors (Lipinski definition) is 0. The van der Waals surface area contributed by atoms with Crippen molar-refractivity contribution in [1.29, 1.82) is 0 Å². The molecule has 0 aromatic heterocycles. The third-order valence-electron chi connectivity index (χ3n) is 7.44. The molecule has 0 aliphatic heterocycles. The quantitative estimate of drug-likeness (QED) is 0.264. The van der Waals surface area contributed by atoms with Crippen LogP contribution in [0.3, 0.4) is 0 Å². The van der Waals surface area contributed by atoms with E-state index in [1.807, 2.05) is 26.0 Å². The highest BCUT2D eigenvalue weighted by atomic mass is 19.1. The molecule has 3 rings (SSSR count). The molecule has 2 heteroatoms. The van der Waals surface area contributed by atoms with E-state index in [0.717, 1.165) is 11.3 Å². The van der Waals surface area contributed by atoms with Crippen molar-refractivity contribution in [3.8, 4) is 5.75 Å². The molecule has 0 bridgehead atoms. The van der Waals surface area contributed by atoms with E-state index in [1.54, 1.807) is 13.2 Å². The molecule has 0 spiro atoms. The van der Waals surface area contributed by atoms with Gasteiger partial charge in [0.15, 0.2) is 0 Å². The minimum absolute atomic E-state index is 0. The van der Waals surface area contributed by atoms with Crippen LogP contribution in [0.4, 0.5) is 4.39 Å². The van der Waals surface area contributed by atoms with E-state index in [2.05, 4.69) is 113 Å². The molecule has 0 saturated carbocycles. The molecular weight excluding hydrogens is 527 g/mol. The predicted octanol–water partition coefficient (Wildman–Crippen LogP) is 14.2. The second kappa shape index (κ2) is 21.2. The summed E-state index contributed by atoms with van der Waals surface area (Å²) in [6.07, 6.45) is 0. The second-order valence-electron chi connectivity index (χ2n) is 12.8. The van der Waals surface area contributed by atoms with Crippen molar-refractivity contribution in [2.24, 2.45) is 0 Å². The summed E-state index contributed by atoms with van der Waals surface area (Å²) in [4.78, 5) is 0. The maximum absolute atomic E-state index is 13.3. The number of methoxy groups -OCH3 is 1. The normalized spacial score (nSPS) is 10.4. The summed E-state index contributed by atoms with van der Waals surface area (Å²) in [5, 5.41) is 0. The largest absolute Gasteiger partial charge is 0.496 e. The molecule has 3 aromatic rings. The van der Waals surface area contributed by atoms with Crippen LogP contribution in [0.25, 0.3) is 0 Å². The van der Waals surface area contributed by atoms with Crippen LogP contribution in [0.1, 0.15) is 180 Å². The highest BCUT2D eigenvalue weighted by Crippen LogP contribution is 2.30. The molecule has 0 aliphatic carbocycles. The van der Waals surface area contributed by atoms with Gasteiger partial charge in [-0.1, -0.05) is 148 Å². The zero-order valence-electron chi connectivity index (χ0n) is 27.9. The van der Waals surface area contributed by atoms with Crippen LogP contribution in [0.15, 0.2) is 54.6 Å². The first-order chi connectivity index (χ1) is 18.6. The van der Waals surface area contributed by atoms with Crippen molar-refractivity contribution in [3.05, 3.63) is 99.4 Å². The van der Waals surface area contributed by atoms with Crippen LogP contribution in [0, 0.1) is 12.7 Å². The number of benzene rings is 3. The van der Waals surface area contributed by atoms with Crippen LogP contribution >= 0.6 is 0 Å². The Morgan fingerprint density at radius 3 is 1.19 bits per heavy atom. The molecule has 0 fully saturated rings. The van der Waals surface area contributed by atoms with E-state index >= 15 is 0 Å². The first-order valence-corrected chi connectivity index (χ1v) is 15.2. The minimum atomic E-state index is -0.0839. The van der Waals surface area contributed by atoms with Gasteiger partial charge >= 0.3 is 0 Å². The van der Waals surface area contributed by atoms with Gasteiger partial charge in [-0.25, -0.2) is 4.39 Å². The van der Waals surface area contributed by atoms with Crippen LogP contribution in [0.5, 0.6) is 5.75 Å². The molecule has 43 heavy (non-hydrogen) atoms. The van der Waals surface area contributed by atoms with Gasteiger partial charge in [-0.2, -0.15) is 0 Å². The number of aryl methyl sites for hydroxylation is 1. The van der Waals surface area contributed by atoms with Crippen molar-refractivity contribution in [3.63, 3.8) is 0 Å². The standard InChI is InChI=1S/C13H20O.C13H20.C12H17F.3CH4/c1-9(2)11-6-7-13(14-5)12(8-11)10(3)4;1-9(2)12-7-6-11(5)13(8-12)10(3)4;1-8(2)10-5-6-12(13)11(7-10)9(3)4;;;/h6-10H,1-5H3;6-10H,1-5H3;5-9H,1-4H3;3*1H4. The van der Waals surface area contributed by atoms with Crippen LogP contribution in [-0.4, -0.2) is 7.11 Å². The summed E-state index contributed by atoms with van der Waals surface area (Å²) in [6.45, 7) is 28.3. The molecular formula is C41H69FO. The molecule has 0 aliphatic rings. The number of rotatable bonds is 7. The van der Waals surface area contributed by atoms with Gasteiger partial charge in [-0.05, 0) is 93.5 Å². The van der Waals surface area contributed by atoms with E-state index in [0.29, 0.717) is 29.6 Å². The van der Waals surface area contributed by atoms with Crippen molar-refractivity contribution >= 4 is 0 Å². The summed E-state index contributed by atoms with van der Waals surface area (Å²) in [5.74, 6) is 4.03. The Morgan fingerprint density at radius 1 is 0.465 bits per heavy atom. The maximum atomic E-state index is 13.3. The highest BCUT2D eigenvalue weighted by Gasteiger charge is 2.10. The first-order valence-electron chi connectivity index (χ1n) is 15.2. The van der Waals surface area contributed by atoms with Gasteiger partial charge in [-0.15, -0.1) is 0 Å². The summed E-state index contributed by atoms with van der Waals surface area (Å²) in [5.41, 5.74) is 9.09. The average Bonchev–Trinajstić information content (AvgIpc) is 2.88. The van der Waals surface area contributed by atoms with Gasteiger partial charge in [0.1, 0.15) is 11.6 Å². The highest BCUT2D eigenvalue weighted by molar-refractivity contribution is 5.40. The van der Waals surface area contributed by atoms with E-state index in [1.165, 1.54) is 33.4 Å². The van der Waals surface area contributed by atoms with E-state index in [4.69, 9.17) is 4.74 Å². The third kappa shape index (κ3) is 14.1. The molecule has 3 aromatic carbocycles. The molecule has 0 atom stereocenters. The van der Waals surface area contributed by atoms with Crippen molar-refractivity contribution in [2.75, 3.05) is 7.11 Å². The fourth-order valence-electron chi connectivity index (χ4n) is 4.57. The fraction of sp³-hybridized carbons (Fsp3) is 0.561. The van der Waals surface area contributed by atoms with Crippen molar-refractivity contribution < 1.29 is 9.13 Å². The molecule has 0 unspecified atom stereocenters. The number of hydrogen-bond acceptors (Lipinski definition) is 1. The van der Waals surface area contributed by atoms with Crippen molar-refractivity contribution in [1.82, 2.24) is 0 Å². The van der Waals surface area contributed by atoms with Gasteiger partial charge in [0.05, 0.1) is 7.11 Å². The first kappa shape index (κ1) is 44.8. The summed E-state index contributed by atoms with van der Waals surface area (Å²) < 4.78 is 18.6. The Morgan fingerprint density at radius 2 is 0.814 bits per heavy atom. The van der Waals surface area contributed by atoms with Gasteiger partial charge < -0.3 is 4.74 Å². The maximum Gasteiger partial charge on any atom is 0.126 e. The van der Waals surface area contributed by atoms with Crippen LogP contribution in [-0.2, 0) is 0 Å². The van der Waals surface area contributed by atoms with Gasteiger partial charge in [0.25, 0.3) is 0 Å². The van der Waals surface area contributed by atoms with Gasteiger partial charge in [0, 0.05) is 0 Å². The minimum Gasteiger partial charge on any atom is -0.496 e. The Bertz CT molecular complexity index is 1110. The summed E-state index contributed by atoms with van der Waals surface area (Å²) in [6, 6.07) is 18.7. The molecule has 1 nitrogen and oxygen atoms in total. The average molecular weight is 597 g/mol. The van der Waals surface area contributed by atoms with Gasteiger partial charge in [-0.3, -0.25) is 0 Å². The monoisotopic (exact) mass is 597 g/mol. The summed E-state index contributed by atoms with van der Waals surface area (Å²) >= 11 is 0. The topological polar surface area (TPSA) is 9.23 Å². The second-order valence-corrected chi connectivity index (χ2v) is 12.8. The Kier molecular flexibility index (Phi) is 22.0. The van der Waals surface area contributed by atoms with Crippen LogP contribution < -0.4 is 4.74 Å². The third-order valence-corrected chi connectivity index (χ3v) is 7.44. The lowest BCUT2D eigenvalue weighted by Crippen LogP contribution is -1.97. The number of ether oxygens (including phenoxy) is 1. The molecule has 0 heterocycles. The Hall–Kier alpha value is -2.61. The lowest BCUT2D eigenvalue weighted by Gasteiger charge is -2.15. The molecule has 0 saturated heterocycles. The lowest BCUT2D eigenvalue weighted by atomic mass is 9.92. The van der Waals surface area contributed by atoms with Gasteiger partial charge in [0.2, 0.25) is 0 Å². The molecule has 0 radical (unpaired) electrons. The number of halogens is 1. The zero-order valence-corrected chi connectivity index (χ0v) is 27.9. The molecule has 0 N–H and O–H groups in total. The van der Waals surface area contributed by atoms with E-state index in [9.17, 15) is 4.39 Å². The smallest absolute Gasteiger partial charge is 0.126 e. The molecule has 246 valence electrons. The SMILES string of the molecule is C.C.C.CC(C)c1ccc(F)c(C(C)C)c1.COc1ccc(C(C)C)cc1C(C)C.Cc1ccc(C(C)C)cc1C(C)C. The van der Waals surface area contributed by atoms with E-state index < -0.39 is 0 Å². The Balaban J connectivity index is -0.000000540.